The molecular formula is C23H23N3O3. The Bertz CT molecular complexity index is 1180. The van der Waals surface area contributed by atoms with Gasteiger partial charge in [0.2, 0.25) is 5.43 Å². The lowest BCUT2D eigenvalue weighted by Crippen LogP contribution is -2.10. The van der Waals surface area contributed by atoms with Crippen LogP contribution in [0.2, 0.25) is 0 Å². The summed E-state index contributed by atoms with van der Waals surface area (Å²) in [6, 6.07) is 15.2. The number of rotatable bonds is 7. The molecule has 2 aromatic carbocycles. The van der Waals surface area contributed by atoms with E-state index in [9.17, 15) is 4.79 Å². The smallest absolute Gasteiger partial charge is 0.223 e. The largest absolute Gasteiger partial charge is 0.497 e. The lowest BCUT2D eigenvalue weighted by molar-refractivity contribution is 0.305. The minimum Gasteiger partial charge on any atom is -0.497 e. The fourth-order valence-corrected chi connectivity index (χ4v) is 3.10. The fourth-order valence-electron chi connectivity index (χ4n) is 3.10. The highest BCUT2D eigenvalue weighted by molar-refractivity contribution is 5.81. The first-order valence-corrected chi connectivity index (χ1v) is 9.67. The van der Waals surface area contributed by atoms with Gasteiger partial charge in [-0.15, -0.1) is 0 Å². The molecular weight excluding hydrogens is 366 g/mol. The van der Waals surface area contributed by atoms with E-state index >= 15 is 0 Å². The van der Waals surface area contributed by atoms with E-state index in [2.05, 4.69) is 11.9 Å². The Morgan fingerprint density at radius 2 is 1.93 bits per heavy atom. The minimum atomic E-state index is -0.111. The Morgan fingerprint density at radius 3 is 2.69 bits per heavy atom. The standard InChI is InChI=1S/C23H23N3O3/c1-3-4-13-29-22-15-26(12-11-21(22)27)17-7-10-19-20(14-17)25-23(24-19)16-5-8-18(28-2)9-6-16/h5-12,14-15H,3-4,13H2,1-2H3,(H,24,25). The summed E-state index contributed by atoms with van der Waals surface area (Å²) in [4.78, 5) is 20.1. The van der Waals surface area contributed by atoms with Crippen LogP contribution in [0.1, 0.15) is 19.8 Å². The number of nitrogens with one attached hydrogen (secondary N) is 1. The highest BCUT2D eigenvalue weighted by Gasteiger charge is 2.08. The number of aromatic nitrogens is 3. The molecule has 0 atom stereocenters. The predicted octanol–water partition coefficient (Wildman–Crippen LogP) is 4.57. The van der Waals surface area contributed by atoms with Crippen molar-refractivity contribution in [2.24, 2.45) is 0 Å². The van der Waals surface area contributed by atoms with Crippen LogP contribution >= 0.6 is 0 Å². The maximum absolute atomic E-state index is 12.1. The van der Waals surface area contributed by atoms with Crippen LogP contribution in [-0.4, -0.2) is 28.3 Å². The van der Waals surface area contributed by atoms with E-state index in [1.165, 1.54) is 6.07 Å². The van der Waals surface area contributed by atoms with Gasteiger partial charge in [-0.05, 0) is 48.9 Å². The van der Waals surface area contributed by atoms with Crippen LogP contribution in [0.5, 0.6) is 11.5 Å². The first kappa shape index (κ1) is 18.8. The molecule has 6 heteroatoms. The minimum absolute atomic E-state index is 0.111. The number of pyridine rings is 1. The zero-order valence-electron chi connectivity index (χ0n) is 16.5. The molecule has 29 heavy (non-hydrogen) atoms. The van der Waals surface area contributed by atoms with Crippen molar-refractivity contribution < 1.29 is 9.47 Å². The van der Waals surface area contributed by atoms with Gasteiger partial charge < -0.3 is 19.0 Å². The van der Waals surface area contributed by atoms with Gasteiger partial charge in [0, 0.05) is 23.5 Å². The molecule has 2 heterocycles. The average molecular weight is 389 g/mol. The molecule has 2 aromatic heterocycles. The van der Waals surface area contributed by atoms with Crippen molar-refractivity contribution in [3.63, 3.8) is 0 Å². The summed E-state index contributed by atoms with van der Waals surface area (Å²) in [7, 11) is 1.65. The zero-order chi connectivity index (χ0) is 20.2. The molecule has 0 aliphatic rings. The maximum atomic E-state index is 12.1. The van der Waals surface area contributed by atoms with Gasteiger partial charge in [0.05, 0.1) is 30.9 Å². The highest BCUT2D eigenvalue weighted by Crippen LogP contribution is 2.24. The van der Waals surface area contributed by atoms with Gasteiger partial charge in [-0.25, -0.2) is 4.98 Å². The second kappa shape index (κ2) is 8.22. The van der Waals surface area contributed by atoms with Crippen molar-refractivity contribution in [1.82, 2.24) is 14.5 Å². The summed E-state index contributed by atoms with van der Waals surface area (Å²) in [6.07, 6.45) is 5.42. The molecule has 0 saturated heterocycles. The van der Waals surface area contributed by atoms with Gasteiger partial charge in [-0.2, -0.15) is 0 Å². The van der Waals surface area contributed by atoms with Crippen LogP contribution in [0.25, 0.3) is 28.1 Å². The van der Waals surface area contributed by atoms with Gasteiger partial charge in [0.1, 0.15) is 11.6 Å². The van der Waals surface area contributed by atoms with Crippen LogP contribution in [0, 0.1) is 0 Å². The molecule has 148 valence electrons. The molecule has 0 fully saturated rings. The summed E-state index contributed by atoms with van der Waals surface area (Å²) in [5.74, 6) is 1.97. The Hall–Kier alpha value is -3.54. The lowest BCUT2D eigenvalue weighted by atomic mass is 10.2. The van der Waals surface area contributed by atoms with E-state index in [0.29, 0.717) is 12.4 Å². The van der Waals surface area contributed by atoms with E-state index in [-0.39, 0.29) is 5.43 Å². The van der Waals surface area contributed by atoms with Crippen LogP contribution in [0.3, 0.4) is 0 Å². The maximum Gasteiger partial charge on any atom is 0.223 e. The monoisotopic (exact) mass is 389 g/mol. The average Bonchev–Trinajstić information content (AvgIpc) is 3.18. The Kier molecular flexibility index (Phi) is 5.33. The number of methoxy groups -OCH3 is 1. The summed E-state index contributed by atoms with van der Waals surface area (Å²) < 4.78 is 12.7. The van der Waals surface area contributed by atoms with Gasteiger partial charge in [0.15, 0.2) is 5.75 Å². The topological polar surface area (TPSA) is 69.1 Å². The number of hydrogen-bond acceptors (Lipinski definition) is 4. The first-order valence-electron chi connectivity index (χ1n) is 9.67. The van der Waals surface area contributed by atoms with E-state index in [1.807, 2.05) is 47.0 Å². The number of imidazole rings is 1. The SMILES string of the molecule is CCCCOc1cn(-c2ccc3[nH]c(-c4ccc(OC)cc4)nc3c2)ccc1=O. The highest BCUT2D eigenvalue weighted by atomic mass is 16.5. The summed E-state index contributed by atoms with van der Waals surface area (Å²) in [6.45, 7) is 2.63. The Balaban J connectivity index is 1.65. The Labute approximate surface area is 168 Å². The van der Waals surface area contributed by atoms with Crippen LogP contribution < -0.4 is 14.9 Å². The molecule has 0 unspecified atom stereocenters. The van der Waals surface area contributed by atoms with Gasteiger partial charge >= 0.3 is 0 Å². The van der Waals surface area contributed by atoms with Crippen molar-refractivity contribution in [2.45, 2.75) is 19.8 Å². The quantitative estimate of drug-likeness (QED) is 0.470. The van der Waals surface area contributed by atoms with Gasteiger partial charge in [-0.1, -0.05) is 13.3 Å². The van der Waals surface area contributed by atoms with E-state index < -0.39 is 0 Å². The molecule has 0 saturated carbocycles. The lowest BCUT2D eigenvalue weighted by Gasteiger charge is -2.09. The summed E-state index contributed by atoms with van der Waals surface area (Å²) in [5.41, 5.74) is 3.57. The third-order valence-electron chi connectivity index (χ3n) is 4.77. The van der Waals surface area contributed by atoms with Crippen molar-refractivity contribution in [3.8, 4) is 28.6 Å². The molecule has 0 spiro atoms. The second-order valence-corrected chi connectivity index (χ2v) is 6.80. The number of ether oxygens (including phenoxy) is 2. The van der Waals surface area contributed by atoms with Gasteiger partial charge in [0.25, 0.3) is 0 Å². The normalized spacial score (nSPS) is 11.0. The van der Waals surface area contributed by atoms with Crippen molar-refractivity contribution in [1.29, 1.82) is 0 Å². The number of nitrogens with zero attached hydrogens (tertiary/aromatic N) is 2. The number of aromatic amines is 1. The molecule has 6 nitrogen and oxygen atoms in total. The zero-order valence-corrected chi connectivity index (χ0v) is 16.5. The fraction of sp³-hybridized carbons (Fsp3) is 0.217. The molecule has 0 aliphatic heterocycles. The predicted molar refractivity (Wildman–Crippen MR) is 114 cm³/mol. The van der Waals surface area contributed by atoms with Crippen LogP contribution in [0.4, 0.5) is 0 Å². The van der Waals surface area contributed by atoms with E-state index in [1.54, 1.807) is 19.5 Å². The third-order valence-corrected chi connectivity index (χ3v) is 4.77. The number of fused-ring (bicyclic) bond motifs is 1. The number of benzene rings is 2. The van der Waals surface area contributed by atoms with Crippen molar-refractivity contribution >= 4 is 11.0 Å². The van der Waals surface area contributed by atoms with Crippen LogP contribution in [-0.2, 0) is 0 Å². The van der Waals surface area contributed by atoms with E-state index in [4.69, 9.17) is 14.5 Å². The number of H-pyrrole nitrogens is 1. The molecule has 0 radical (unpaired) electrons. The first-order chi connectivity index (χ1) is 14.2. The van der Waals surface area contributed by atoms with Crippen molar-refractivity contribution in [3.05, 3.63) is 71.1 Å². The Morgan fingerprint density at radius 1 is 1.10 bits per heavy atom. The summed E-state index contributed by atoms with van der Waals surface area (Å²) >= 11 is 0. The third kappa shape index (κ3) is 4.01. The molecule has 4 rings (SSSR count). The number of hydrogen-bond donors (Lipinski definition) is 1. The van der Waals surface area contributed by atoms with Gasteiger partial charge in [-0.3, -0.25) is 4.79 Å². The molecule has 0 bridgehead atoms. The molecule has 1 N–H and O–H groups in total. The molecule has 0 aliphatic carbocycles. The number of unbranched alkanes of at least 4 members (excludes halogenated alkanes) is 1. The summed E-state index contributed by atoms with van der Waals surface area (Å²) in [5, 5.41) is 0. The van der Waals surface area contributed by atoms with E-state index in [0.717, 1.165) is 46.7 Å². The molecule has 0 amide bonds. The van der Waals surface area contributed by atoms with Crippen molar-refractivity contribution in [2.75, 3.05) is 13.7 Å². The second-order valence-electron chi connectivity index (χ2n) is 6.80. The van der Waals surface area contributed by atoms with Crippen LogP contribution in [0.15, 0.2) is 65.7 Å². The molecule has 4 aromatic rings.